The van der Waals surface area contributed by atoms with Crippen molar-refractivity contribution >= 4 is 11.0 Å². The zero-order valence-electron chi connectivity index (χ0n) is 10.7. The summed E-state index contributed by atoms with van der Waals surface area (Å²) in [7, 11) is 0. The van der Waals surface area contributed by atoms with E-state index < -0.39 is 6.10 Å². The molecule has 0 bridgehead atoms. The zero-order chi connectivity index (χ0) is 13.6. The van der Waals surface area contributed by atoms with Crippen LogP contribution in [0.4, 0.5) is 0 Å². The number of furan rings is 1. The first-order valence-electron chi connectivity index (χ1n) is 6.01. The highest BCUT2D eigenvalue weighted by Gasteiger charge is 2.17. The molecule has 3 rings (SSSR count). The van der Waals surface area contributed by atoms with E-state index in [1.54, 1.807) is 18.2 Å². The second-order valence-electron chi connectivity index (χ2n) is 4.66. The quantitative estimate of drug-likeness (QED) is 0.658. The van der Waals surface area contributed by atoms with Crippen LogP contribution in [0.15, 0.2) is 33.5 Å². The molecule has 3 N–H and O–H groups in total. The summed E-state index contributed by atoms with van der Waals surface area (Å²) in [6.07, 6.45) is -0.764. The Labute approximate surface area is 108 Å². The summed E-state index contributed by atoms with van der Waals surface area (Å²) in [5.74, 6) is 1.47. The van der Waals surface area contributed by atoms with E-state index in [0.29, 0.717) is 16.8 Å². The van der Waals surface area contributed by atoms with Gasteiger partial charge in [-0.05, 0) is 37.6 Å². The Morgan fingerprint density at radius 2 is 1.89 bits per heavy atom. The average molecular weight is 258 g/mol. The van der Waals surface area contributed by atoms with Crippen LogP contribution in [0, 0.1) is 13.8 Å². The molecule has 19 heavy (non-hydrogen) atoms. The van der Waals surface area contributed by atoms with Gasteiger partial charge in [-0.1, -0.05) is 6.07 Å². The number of aliphatic hydroxyl groups is 1. The number of fused-ring (bicyclic) bond motifs is 1. The van der Waals surface area contributed by atoms with E-state index in [-0.39, 0.29) is 5.69 Å². The van der Waals surface area contributed by atoms with Crippen molar-refractivity contribution < 1.29 is 9.52 Å². The lowest BCUT2D eigenvalue weighted by Gasteiger charge is -2.09. The third-order valence-electron chi connectivity index (χ3n) is 3.23. The maximum atomic E-state index is 11.2. The molecule has 0 spiro atoms. The maximum Gasteiger partial charge on any atom is 0.323 e. The van der Waals surface area contributed by atoms with Crippen LogP contribution in [0.2, 0.25) is 0 Å². The van der Waals surface area contributed by atoms with E-state index in [4.69, 9.17) is 4.42 Å². The van der Waals surface area contributed by atoms with E-state index in [0.717, 1.165) is 16.8 Å². The summed E-state index contributed by atoms with van der Waals surface area (Å²) in [4.78, 5) is 16.6. The minimum Gasteiger partial charge on any atom is -0.466 e. The van der Waals surface area contributed by atoms with Crippen LogP contribution >= 0.6 is 0 Å². The highest BCUT2D eigenvalue weighted by molar-refractivity contribution is 5.75. The summed E-state index contributed by atoms with van der Waals surface area (Å²) in [6.45, 7) is 3.66. The van der Waals surface area contributed by atoms with Crippen molar-refractivity contribution in [2.45, 2.75) is 20.0 Å². The van der Waals surface area contributed by atoms with Crippen LogP contribution in [0.1, 0.15) is 28.8 Å². The lowest BCUT2D eigenvalue weighted by atomic mass is 10.0. The largest absolute Gasteiger partial charge is 0.466 e. The Bertz CT molecular complexity index is 794. The Morgan fingerprint density at radius 3 is 2.58 bits per heavy atom. The number of aryl methyl sites for hydroxylation is 2. The van der Waals surface area contributed by atoms with Gasteiger partial charge in [-0.25, -0.2) is 4.79 Å². The fourth-order valence-corrected chi connectivity index (χ4v) is 2.32. The molecule has 5 heteroatoms. The molecule has 0 fully saturated rings. The number of benzene rings is 1. The summed E-state index contributed by atoms with van der Waals surface area (Å²) >= 11 is 0. The van der Waals surface area contributed by atoms with Gasteiger partial charge in [0.15, 0.2) is 0 Å². The lowest BCUT2D eigenvalue weighted by Crippen LogP contribution is -2.00. The van der Waals surface area contributed by atoms with Crippen molar-refractivity contribution in [2.24, 2.45) is 0 Å². The van der Waals surface area contributed by atoms with Crippen molar-refractivity contribution in [1.29, 1.82) is 0 Å². The number of H-pyrrole nitrogens is 2. The van der Waals surface area contributed by atoms with Crippen molar-refractivity contribution in [3.63, 3.8) is 0 Å². The van der Waals surface area contributed by atoms with Gasteiger partial charge < -0.3 is 19.5 Å². The molecule has 0 saturated carbocycles. The van der Waals surface area contributed by atoms with Crippen molar-refractivity contribution in [1.82, 2.24) is 9.97 Å². The number of hydrogen-bond donors (Lipinski definition) is 3. The van der Waals surface area contributed by atoms with Gasteiger partial charge in [-0.15, -0.1) is 0 Å². The standard InChI is InChI=1S/C14H14N2O3/c1-7-5-10(8(2)19-7)13(17)9-3-4-11-12(6-9)16-14(18)15-11/h3-6,13,17H,1-2H3,(H2,15,16,18). The third-order valence-corrected chi connectivity index (χ3v) is 3.23. The summed E-state index contributed by atoms with van der Waals surface area (Å²) in [5.41, 5.74) is 2.61. The lowest BCUT2D eigenvalue weighted by molar-refractivity contribution is 0.218. The molecule has 0 radical (unpaired) electrons. The van der Waals surface area contributed by atoms with Crippen molar-refractivity contribution in [3.8, 4) is 0 Å². The van der Waals surface area contributed by atoms with Crippen LogP contribution in [0.25, 0.3) is 11.0 Å². The Kier molecular flexibility index (Phi) is 2.57. The molecule has 98 valence electrons. The number of aliphatic hydroxyl groups excluding tert-OH is 1. The molecule has 0 saturated heterocycles. The fourth-order valence-electron chi connectivity index (χ4n) is 2.32. The molecule has 1 atom stereocenters. The van der Waals surface area contributed by atoms with Crippen LogP contribution < -0.4 is 5.69 Å². The molecule has 1 unspecified atom stereocenters. The zero-order valence-corrected chi connectivity index (χ0v) is 10.7. The molecule has 2 heterocycles. The number of hydrogen-bond acceptors (Lipinski definition) is 3. The summed E-state index contributed by atoms with van der Waals surface area (Å²) in [6, 6.07) is 7.15. The van der Waals surface area contributed by atoms with Gasteiger partial charge in [0.25, 0.3) is 0 Å². The fraction of sp³-hybridized carbons (Fsp3) is 0.214. The van der Waals surface area contributed by atoms with Gasteiger partial charge >= 0.3 is 5.69 Å². The summed E-state index contributed by atoms with van der Waals surface area (Å²) < 4.78 is 5.42. The van der Waals surface area contributed by atoms with Gasteiger partial charge in [0.1, 0.15) is 17.6 Å². The molecule has 0 amide bonds. The molecule has 2 aromatic heterocycles. The first kappa shape index (κ1) is 11.8. The predicted octanol–water partition coefficient (Wildman–Crippen LogP) is 2.15. The van der Waals surface area contributed by atoms with Gasteiger partial charge in [0.2, 0.25) is 0 Å². The van der Waals surface area contributed by atoms with E-state index in [2.05, 4.69) is 9.97 Å². The monoisotopic (exact) mass is 258 g/mol. The van der Waals surface area contributed by atoms with Crippen molar-refractivity contribution in [3.05, 3.63) is 57.4 Å². The molecular weight excluding hydrogens is 244 g/mol. The predicted molar refractivity (Wildman–Crippen MR) is 71.2 cm³/mol. The maximum absolute atomic E-state index is 11.2. The highest BCUT2D eigenvalue weighted by Crippen LogP contribution is 2.28. The van der Waals surface area contributed by atoms with Crippen molar-refractivity contribution in [2.75, 3.05) is 0 Å². The molecular formula is C14H14N2O3. The second-order valence-corrected chi connectivity index (χ2v) is 4.66. The van der Waals surface area contributed by atoms with Crippen LogP contribution in [-0.2, 0) is 0 Å². The SMILES string of the molecule is Cc1cc(C(O)c2ccc3[nH]c(=O)[nH]c3c2)c(C)o1. The Morgan fingerprint density at radius 1 is 1.16 bits per heavy atom. The number of aromatic amines is 2. The summed E-state index contributed by atoms with van der Waals surface area (Å²) in [5, 5.41) is 10.4. The highest BCUT2D eigenvalue weighted by atomic mass is 16.3. The van der Waals surface area contributed by atoms with Crippen LogP contribution in [0.3, 0.4) is 0 Å². The average Bonchev–Trinajstić information content (AvgIpc) is 2.88. The second kappa shape index (κ2) is 4.13. The van der Waals surface area contributed by atoms with E-state index in [1.165, 1.54) is 0 Å². The third kappa shape index (κ3) is 1.98. The molecule has 0 aliphatic heterocycles. The minimum absolute atomic E-state index is 0.253. The van der Waals surface area contributed by atoms with E-state index in [1.807, 2.05) is 19.9 Å². The Hall–Kier alpha value is -2.27. The van der Waals surface area contributed by atoms with Gasteiger partial charge in [0, 0.05) is 5.56 Å². The van der Waals surface area contributed by atoms with Gasteiger partial charge in [0.05, 0.1) is 11.0 Å². The van der Waals surface area contributed by atoms with Crippen LogP contribution in [-0.4, -0.2) is 15.1 Å². The Balaban J connectivity index is 2.08. The number of nitrogens with one attached hydrogen (secondary N) is 2. The number of rotatable bonds is 2. The normalized spacial score (nSPS) is 13.0. The van der Waals surface area contributed by atoms with E-state index in [9.17, 15) is 9.90 Å². The van der Waals surface area contributed by atoms with Gasteiger partial charge in [-0.2, -0.15) is 0 Å². The van der Waals surface area contributed by atoms with Crippen LogP contribution in [0.5, 0.6) is 0 Å². The van der Waals surface area contributed by atoms with Gasteiger partial charge in [-0.3, -0.25) is 0 Å². The molecule has 1 aromatic carbocycles. The number of aromatic nitrogens is 2. The van der Waals surface area contributed by atoms with E-state index >= 15 is 0 Å². The molecule has 0 aliphatic carbocycles. The molecule has 0 aliphatic rings. The first-order chi connectivity index (χ1) is 9.04. The molecule has 5 nitrogen and oxygen atoms in total. The first-order valence-corrected chi connectivity index (χ1v) is 6.01. The minimum atomic E-state index is -0.764. The topological polar surface area (TPSA) is 82.0 Å². The molecule has 3 aromatic rings. The number of imidazole rings is 1. The smallest absolute Gasteiger partial charge is 0.323 e.